The molecule has 0 radical (unpaired) electrons. The Morgan fingerprint density at radius 3 is 2.59 bits per heavy atom. The first kappa shape index (κ1) is 16.8. The number of carbonyl (C=O) groups is 1. The fraction of sp³-hybridized carbons (Fsp3) is 0.750. The second-order valence-corrected chi connectivity index (χ2v) is 6.87. The summed E-state index contributed by atoms with van der Waals surface area (Å²) in [6.45, 7) is 12.2. The van der Waals surface area contributed by atoms with Gasteiger partial charge in [-0.1, -0.05) is 39.8 Å². The number of nitrogens with zero attached hydrogens (tertiary/aromatic N) is 3. The summed E-state index contributed by atoms with van der Waals surface area (Å²) in [5.74, 6) is 0.409. The van der Waals surface area contributed by atoms with Gasteiger partial charge >= 0.3 is 6.03 Å². The Hall–Kier alpha value is -1.56. The van der Waals surface area contributed by atoms with Crippen molar-refractivity contribution in [2.24, 2.45) is 0 Å². The van der Waals surface area contributed by atoms with Gasteiger partial charge < -0.3 is 4.52 Å². The molecular weight excluding hydrogens is 280 g/mol. The van der Waals surface area contributed by atoms with Crippen LogP contribution in [0.15, 0.2) is 10.6 Å². The molecule has 1 N–H and O–H groups in total. The molecule has 0 saturated carbocycles. The molecule has 22 heavy (non-hydrogen) atoms. The van der Waals surface area contributed by atoms with Crippen molar-refractivity contribution in [3.8, 4) is 0 Å². The Morgan fingerprint density at radius 1 is 1.36 bits per heavy atom. The Labute approximate surface area is 132 Å². The topological polar surface area (TPSA) is 61.6 Å². The van der Waals surface area contributed by atoms with Gasteiger partial charge in [0.2, 0.25) is 5.88 Å². The summed E-state index contributed by atoms with van der Waals surface area (Å²) in [5, 5.41) is 10.8. The second-order valence-electron chi connectivity index (χ2n) is 6.87. The lowest BCUT2D eigenvalue weighted by Crippen LogP contribution is -2.48. The Bertz CT molecular complexity index is 502. The van der Waals surface area contributed by atoms with Gasteiger partial charge in [0.1, 0.15) is 0 Å². The summed E-state index contributed by atoms with van der Waals surface area (Å²) >= 11 is 0. The zero-order valence-electron chi connectivity index (χ0n) is 14.3. The first-order valence-electron chi connectivity index (χ1n) is 8.19. The van der Waals surface area contributed by atoms with E-state index in [9.17, 15) is 4.79 Å². The van der Waals surface area contributed by atoms with E-state index in [2.05, 4.69) is 50.1 Å². The molecular formula is C16H28N4O2. The number of nitrogens with one attached hydrogen (secondary N) is 1. The van der Waals surface area contributed by atoms with E-state index in [1.165, 1.54) is 0 Å². The molecule has 0 aliphatic carbocycles. The molecule has 1 saturated heterocycles. The van der Waals surface area contributed by atoms with Crippen LogP contribution in [0.5, 0.6) is 0 Å². The van der Waals surface area contributed by atoms with Crippen LogP contribution < -0.4 is 5.32 Å². The van der Waals surface area contributed by atoms with E-state index in [1.807, 2.05) is 0 Å². The molecule has 2 amide bonds. The molecule has 0 atom stereocenters. The molecule has 1 fully saturated rings. The van der Waals surface area contributed by atoms with E-state index in [-0.39, 0.29) is 11.4 Å². The Kier molecular flexibility index (Phi) is 5.11. The first-order valence-corrected chi connectivity index (χ1v) is 8.19. The monoisotopic (exact) mass is 308 g/mol. The molecule has 0 spiro atoms. The number of urea groups is 1. The summed E-state index contributed by atoms with van der Waals surface area (Å²) in [6, 6.07) is 2.07. The minimum absolute atomic E-state index is 0.0956. The largest absolute Gasteiger partial charge is 0.338 e. The van der Waals surface area contributed by atoms with E-state index in [1.54, 1.807) is 11.1 Å². The second kappa shape index (κ2) is 6.69. The Balaban J connectivity index is 2.03. The molecule has 0 unspecified atom stereocenters. The first-order chi connectivity index (χ1) is 10.4. The third-order valence-corrected chi connectivity index (χ3v) is 4.17. The predicted octanol–water partition coefficient (Wildman–Crippen LogP) is 3.62. The number of hydrogen-bond donors (Lipinski definition) is 1. The minimum atomic E-state index is -0.138. The van der Waals surface area contributed by atoms with Crippen molar-refractivity contribution >= 4 is 11.9 Å². The van der Waals surface area contributed by atoms with Gasteiger partial charge in [-0.25, -0.2) is 9.80 Å². The van der Waals surface area contributed by atoms with Gasteiger partial charge in [-0.2, -0.15) is 0 Å². The summed E-state index contributed by atoms with van der Waals surface area (Å²) in [5.41, 5.74) is 0.739. The van der Waals surface area contributed by atoms with Crippen LogP contribution in [0, 0.1) is 0 Å². The van der Waals surface area contributed by atoms with Crippen LogP contribution in [0.3, 0.4) is 0 Å². The third-order valence-electron chi connectivity index (χ3n) is 4.17. The molecule has 6 heteroatoms. The third kappa shape index (κ3) is 3.61. The van der Waals surface area contributed by atoms with E-state index in [0.29, 0.717) is 11.9 Å². The normalized spacial score (nSPS) is 16.5. The van der Waals surface area contributed by atoms with Gasteiger partial charge in [-0.15, -0.1) is 0 Å². The van der Waals surface area contributed by atoms with Crippen molar-refractivity contribution in [2.45, 2.75) is 65.3 Å². The van der Waals surface area contributed by atoms with Crippen LogP contribution in [-0.4, -0.2) is 40.3 Å². The summed E-state index contributed by atoms with van der Waals surface area (Å²) in [6.07, 6.45) is 3.08. The summed E-state index contributed by atoms with van der Waals surface area (Å²) in [7, 11) is 0. The van der Waals surface area contributed by atoms with E-state index >= 15 is 0 Å². The minimum Gasteiger partial charge on any atom is -0.338 e. The van der Waals surface area contributed by atoms with Gasteiger partial charge in [0.05, 0.1) is 5.69 Å². The molecule has 6 nitrogen and oxygen atoms in total. The van der Waals surface area contributed by atoms with Crippen molar-refractivity contribution in [3.63, 3.8) is 0 Å². The molecule has 0 aromatic carbocycles. The van der Waals surface area contributed by atoms with Crippen molar-refractivity contribution in [1.82, 2.24) is 15.2 Å². The zero-order valence-corrected chi connectivity index (χ0v) is 14.3. The van der Waals surface area contributed by atoms with Crippen molar-refractivity contribution < 1.29 is 9.32 Å². The number of aromatic nitrogens is 1. The van der Waals surface area contributed by atoms with Gasteiger partial charge in [0.25, 0.3) is 0 Å². The molecule has 124 valence electrons. The average molecular weight is 308 g/mol. The molecule has 1 aromatic rings. The van der Waals surface area contributed by atoms with E-state index in [0.717, 1.165) is 38.0 Å². The number of rotatable bonds is 4. The van der Waals surface area contributed by atoms with Crippen LogP contribution in [0.1, 0.15) is 59.6 Å². The highest BCUT2D eigenvalue weighted by Crippen LogP contribution is 2.25. The maximum Gasteiger partial charge on any atom is 0.338 e. The molecule has 1 aliphatic rings. The quantitative estimate of drug-likeness (QED) is 0.923. The van der Waals surface area contributed by atoms with Gasteiger partial charge in [0, 0.05) is 30.6 Å². The maximum atomic E-state index is 12.5. The summed E-state index contributed by atoms with van der Waals surface area (Å²) < 4.78 is 5.24. The molecule has 1 aliphatic heterocycles. The molecule has 2 heterocycles. The van der Waals surface area contributed by atoms with Crippen LogP contribution in [0.25, 0.3) is 0 Å². The SMILES string of the molecule is CCC(CC)N1CCCN1C(=O)Nc1cc(C(C)(C)C)no1. The van der Waals surface area contributed by atoms with Crippen molar-refractivity contribution in [3.05, 3.63) is 11.8 Å². The maximum absolute atomic E-state index is 12.5. The van der Waals surface area contributed by atoms with Crippen LogP contribution in [0.2, 0.25) is 0 Å². The van der Waals surface area contributed by atoms with Crippen molar-refractivity contribution in [1.29, 1.82) is 0 Å². The van der Waals surface area contributed by atoms with Crippen LogP contribution in [0.4, 0.5) is 10.7 Å². The van der Waals surface area contributed by atoms with Crippen LogP contribution in [-0.2, 0) is 5.41 Å². The zero-order chi connectivity index (χ0) is 16.3. The lowest BCUT2D eigenvalue weighted by Gasteiger charge is -2.33. The fourth-order valence-electron chi connectivity index (χ4n) is 2.80. The van der Waals surface area contributed by atoms with Gasteiger partial charge in [-0.05, 0) is 19.3 Å². The summed E-state index contributed by atoms with van der Waals surface area (Å²) in [4.78, 5) is 12.5. The number of carbonyl (C=O) groups excluding carboxylic acids is 1. The molecule has 0 bridgehead atoms. The highest BCUT2D eigenvalue weighted by Gasteiger charge is 2.31. The number of amides is 2. The highest BCUT2D eigenvalue weighted by molar-refractivity contribution is 5.87. The van der Waals surface area contributed by atoms with E-state index in [4.69, 9.17) is 4.52 Å². The molecule has 2 rings (SSSR count). The van der Waals surface area contributed by atoms with E-state index < -0.39 is 0 Å². The average Bonchev–Trinajstić information content (AvgIpc) is 3.08. The fourth-order valence-corrected chi connectivity index (χ4v) is 2.80. The number of anilines is 1. The lowest BCUT2D eigenvalue weighted by atomic mass is 9.92. The predicted molar refractivity (Wildman–Crippen MR) is 86.6 cm³/mol. The van der Waals surface area contributed by atoms with Crippen molar-refractivity contribution in [2.75, 3.05) is 18.4 Å². The standard InChI is InChI=1S/C16H28N4O2/c1-6-12(7-2)19-9-8-10-20(19)15(21)17-14-11-13(18-22-14)16(3,4)5/h11-12H,6-10H2,1-5H3,(H,17,21). The van der Waals surface area contributed by atoms with Gasteiger partial charge in [-0.3, -0.25) is 10.3 Å². The number of hydrazine groups is 1. The number of hydrogen-bond acceptors (Lipinski definition) is 4. The van der Waals surface area contributed by atoms with Gasteiger partial charge in [0.15, 0.2) is 0 Å². The highest BCUT2D eigenvalue weighted by atomic mass is 16.5. The lowest BCUT2D eigenvalue weighted by molar-refractivity contribution is 0.0237. The van der Waals surface area contributed by atoms with Crippen LogP contribution >= 0.6 is 0 Å². The molecule has 1 aromatic heterocycles. The smallest absolute Gasteiger partial charge is 0.338 e. The Morgan fingerprint density at radius 2 is 2.05 bits per heavy atom.